The number of methoxy groups -OCH3 is 1. The van der Waals surface area contributed by atoms with E-state index in [1.807, 2.05) is 4.90 Å². The van der Waals surface area contributed by atoms with E-state index in [0.29, 0.717) is 17.7 Å². The summed E-state index contributed by atoms with van der Waals surface area (Å²) in [6.07, 6.45) is 7.28. The number of nitrogens with zero attached hydrogens (tertiary/aromatic N) is 4. The van der Waals surface area contributed by atoms with E-state index < -0.39 is 5.97 Å². The summed E-state index contributed by atoms with van der Waals surface area (Å²) in [5, 5.41) is 3.46. The predicted octanol–water partition coefficient (Wildman–Crippen LogP) is 2.07. The lowest BCUT2D eigenvalue weighted by molar-refractivity contribution is -0.139. The third-order valence-corrected chi connectivity index (χ3v) is 6.11. The summed E-state index contributed by atoms with van der Waals surface area (Å²) in [5.74, 6) is 1.38. The van der Waals surface area contributed by atoms with Crippen molar-refractivity contribution >= 4 is 23.6 Å². The molecule has 1 amide bonds. The summed E-state index contributed by atoms with van der Waals surface area (Å²) in [6.45, 7) is 3.37. The highest BCUT2D eigenvalue weighted by Gasteiger charge is 2.31. The molecule has 28 heavy (non-hydrogen) atoms. The molecular formula is C20H29N5O3. The van der Waals surface area contributed by atoms with Gasteiger partial charge in [-0.25, -0.2) is 9.78 Å². The van der Waals surface area contributed by atoms with Crippen LogP contribution in [-0.2, 0) is 9.53 Å². The van der Waals surface area contributed by atoms with Gasteiger partial charge in [-0.05, 0) is 38.5 Å². The third-order valence-electron chi connectivity index (χ3n) is 6.11. The molecule has 1 aromatic rings. The van der Waals surface area contributed by atoms with Gasteiger partial charge < -0.3 is 19.9 Å². The number of amides is 1. The van der Waals surface area contributed by atoms with Gasteiger partial charge in [0.05, 0.1) is 7.11 Å². The number of hydrogen-bond donors (Lipinski definition) is 1. The molecular weight excluding hydrogens is 358 g/mol. The number of anilines is 2. The van der Waals surface area contributed by atoms with Crippen LogP contribution in [0.4, 0.5) is 11.8 Å². The summed E-state index contributed by atoms with van der Waals surface area (Å²) in [6, 6.07) is 1.90. The number of carbonyl (C=O) groups excluding carboxylic acids is 2. The molecule has 4 rings (SSSR count). The highest BCUT2D eigenvalue weighted by Crippen LogP contribution is 2.29. The van der Waals surface area contributed by atoms with Crippen molar-refractivity contribution in [3.63, 3.8) is 0 Å². The molecule has 0 radical (unpaired) electrons. The fraction of sp³-hybridized carbons (Fsp3) is 0.700. The van der Waals surface area contributed by atoms with Crippen molar-refractivity contribution in [2.75, 3.05) is 43.5 Å². The summed E-state index contributed by atoms with van der Waals surface area (Å²) in [4.78, 5) is 37.6. The molecule has 8 nitrogen and oxygen atoms in total. The monoisotopic (exact) mass is 387 g/mol. The van der Waals surface area contributed by atoms with Crippen molar-refractivity contribution in [2.24, 2.45) is 5.92 Å². The maximum absolute atomic E-state index is 12.4. The van der Waals surface area contributed by atoms with Gasteiger partial charge in [0.25, 0.3) is 0 Å². The molecule has 0 spiro atoms. The number of carbonyl (C=O) groups is 2. The molecule has 1 aromatic heterocycles. The Kier molecular flexibility index (Phi) is 5.64. The summed E-state index contributed by atoms with van der Waals surface area (Å²) in [7, 11) is 1.36. The Morgan fingerprint density at radius 1 is 1.04 bits per heavy atom. The molecule has 1 N–H and O–H groups in total. The van der Waals surface area contributed by atoms with Gasteiger partial charge in [0.2, 0.25) is 11.9 Å². The topological polar surface area (TPSA) is 87.7 Å². The number of piperidine rings is 1. The van der Waals surface area contributed by atoms with E-state index in [1.54, 1.807) is 6.07 Å². The Hall–Kier alpha value is -2.38. The molecule has 0 atom stereocenters. The second-order valence-electron chi connectivity index (χ2n) is 8.00. The van der Waals surface area contributed by atoms with Crippen LogP contribution in [0.25, 0.3) is 0 Å². The number of rotatable bonds is 5. The molecule has 2 saturated heterocycles. The first-order valence-electron chi connectivity index (χ1n) is 10.4. The Bertz CT molecular complexity index is 723. The average molecular weight is 387 g/mol. The number of aromatic nitrogens is 2. The SMILES string of the molecule is COC(=O)c1cc(NC2CCN(C(=O)C3CCC3)CC2)nc(N2CCCC2)n1. The van der Waals surface area contributed by atoms with E-state index in [4.69, 9.17) is 4.74 Å². The first kappa shape index (κ1) is 19.0. The lowest BCUT2D eigenvalue weighted by Gasteiger charge is -2.37. The van der Waals surface area contributed by atoms with Crippen molar-refractivity contribution in [3.05, 3.63) is 11.8 Å². The lowest BCUT2D eigenvalue weighted by Crippen LogP contribution is -2.46. The Morgan fingerprint density at radius 2 is 1.75 bits per heavy atom. The van der Waals surface area contributed by atoms with Gasteiger partial charge >= 0.3 is 5.97 Å². The summed E-state index contributed by atoms with van der Waals surface area (Å²) in [5.41, 5.74) is 0.277. The molecule has 3 aliphatic rings. The highest BCUT2D eigenvalue weighted by atomic mass is 16.5. The van der Waals surface area contributed by atoms with Gasteiger partial charge in [-0.2, -0.15) is 4.98 Å². The molecule has 1 aliphatic carbocycles. The molecule has 2 aliphatic heterocycles. The van der Waals surface area contributed by atoms with Crippen LogP contribution in [0.15, 0.2) is 6.07 Å². The summed E-state index contributed by atoms with van der Waals surface area (Å²) < 4.78 is 4.86. The van der Waals surface area contributed by atoms with Gasteiger partial charge in [-0.15, -0.1) is 0 Å². The lowest BCUT2D eigenvalue weighted by atomic mass is 9.84. The quantitative estimate of drug-likeness (QED) is 0.774. The van der Waals surface area contributed by atoms with Crippen LogP contribution in [-0.4, -0.2) is 66.1 Å². The van der Waals surface area contributed by atoms with Crippen molar-refractivity contribution in [1.82, 2.24) is 14.9 Å². The van der Waals surface area contributed by atoms with E-state index in [1.165, 1.54) is 13.5 Å². The van der Waals surface area contributed by atoms with E-state index in [-0.39, 0.29) is 17.7 Å². The Labute approximate surface area is 165 Å². The van der Waals surface area contributed by atoms with Crippen LogP contribution >= 0.6 is 0 Å². The first-order chi connectivity index (χ1) is 13.6. The number of likely N-dealkylation sites (tertiary alicyclic amines) is 1. The zero-order chi connectivity index (χ0) is 19.5. The fourth-order valence-corrected chi connectivity index (χ4v) is 4.14. The maximum Gasteiger partial charge on any atom is 0.356 e. The molecule has 152 valence electrons. The molecule has 0 unspecified atom stereocenters. The normalized spacial score (nSPS) is 20.8. The number of esters is 1. The molecule has 1 saturated carbocycles. The van der Waals surface area contributed by atoms with E-state index in [2.05, 4.69) is 20.2 Å². The van der Waals surface area contributed by atoms with Gasteiger partial charge in [0.1, 0.15) is 5.82 Å². The second-order valence-corrected chi connectivity index (χ2v) is 8.00. The molecule has 3 fully saturated rings. The minimum absolute atomic E-state index is 0.234. The smallest absolute Gasteiger partial charge is 0.356 e. The van der Waals surface area contributed by atoms with Crippen molar-refractivity contribution in [3.8, 4) is 0 Å². The highest BCUT2D eigenvalue weighted by molar-refractivity contribution is 5.88. The largest absolute Gasteiger partial charge is 0.464 e. The minimum Gasteiger partial charge on any atom is -0.464 e. The maximum atomic E-state index is 12.4. The molecule has 0 bridgehead atoms. The van der Waals surface area contributed by atoms with Crippen molar-refractivity contribution in [1.29, 1.82) is 0 Å². The van der Waals surface area contributed by atoms with Crippen LogP contribution < -0.4 is 10.2 Å². The van der Waals surface area contributed by atoms with E-state index in [9.17, 15) is 9.59 Å². The zero-order valence-corrected chi connectivity index (χ0v) is 16.5. The average Bonchev–Trinajstić information content (AvgIpc) is 3.21. The van der Waals surface area contributed by atoms with Gasteiger partial charge in [0.15, 0.2) is 5.69 Å². The van der Waals surface area contributed by atoms with Crippen LogP contribution in [0, 0.1) is 5.92 Å². The third kappa shape index (κ3) is 4.05. The number of ether oxygens (including phenoxy) is 1. The Balaban J connectivity index is 1.41. The van der Waals surface area contributed by atoms with Crippen LogP contribution in [0.3, 0.4) is 0 Å². The minimum atomic E-state index is -0.452. The standard InChI is InChI=1S/C20H29N5O3/c1-28-19(27)16-13-17(23-20(22-16)25-9-2-3-10-25)21-15-7-11-24(12-8-15)18(26)14-5-4-6-14/h13-15H,2-12H2,1H3,(H,21,22,23). The molecule has 3 heterocycles. The van der Waals surface area contributed by atoms with Crippen LogP contribution in [0.5, 0.6) is 0 Å². The first-order valence-corrected chi connectivity index (χ1v) is 10.4. The number of nitrogens with one attached hydrogen (secondary N) is 1. The predicted molar refractivity (Wildman–Crippen MR) is 105 cm³/mol. The van der Waals surface area contributed by atoms with Crippen LogP contribution in [0.1, 0.15) is 55.4 Å². The zero-order valence-electron chi connectivity index (χ0n) is 16.5. The van der Waals surface area contributed by atoms with E-state index in [0.717, 1.165) is 64.7 Å². The van der Waals surface area contributed by atoms with E-state index >= 15 is 0 Å². The van der Waals surface area contributed by atoms with Crippen LogP contribution in [0.2, 0.25) is 0 Å². The molecule has 8 heteroatoms. The second kappa shape index (κ2) is 8.32. The number of hydrogen-bond acceptors (Lipinski definition) is 7. The van der Waals surface area contributed by atoms with Gasteiger partial charge in [0, 0.05) is 44.2 Å². The van der Waals surface area contributed by atoms with Gasteiger partial charge in [-0.1, -0.05) is 6.42 Å². The van der Waals surface area contributed by atoms with Gasteiger partial charge in [-0.3, -0.25) is 4.79 Å². The van der Waals surface area contributed by atoms with Crippen molar-refractivity contribution < 1.29 is 14.3 Å². The molecule has 0 aromatic carbocycles. The fourth-order valence-electron chi connectivity index (χ4n) is 4.14. The Morgan fingerprint density at radius 3 is 2.36 bits per heavy atom. The summed E-state index contributed by atoms with van der Waals surface area (Å²) >= 11 is 0. The van der Waals surface area contributed by atoms with Crippen molar-refractivity contribution in [2.45, 2.75) is 51.0 Å².